The van der Waals surface area contributed by atoms with E-state index in [1.54, 1.807) is 0 Å². The SMILES string of the molecule is Cn1ncc(-c2cc(F)c(F)c(F)c2O)c1N. The van der Waals surface area contributed by atoms with Crippen molar-refractivity contribution in [3.63, 3.8) is 0 Å². The molecular formula is C10H8F3N3O. The van der Waals surface area contributed by atoms with Crippen LogP contribution in [0.5, 0.6) is 5.75 Å². The first-order valence-electron chi connectivity index (χ1n) is 4.57. The summed E-state index contributed by atoms with van der Waals surface area (Å²) in [6.07, 6.45) is 1.22. The Hall–Kier alpha value is -2.18. The van der Waals surface area contributed by atoms with E-state index < -0.39 is 23.2 Å². The third-order valence-electron chi connectivity index (χ3n) is 2.41. The normalized spacial score (nSPS) is 10.8. The summed E-state index contributed by atoms with van der Waals surface area (Å²) in [5.74, 6) is -5.68. The number of hydrogen-bond acceptors (Lipinski definition) is 3. The molecule has 90 valence electrons. The smallest absolute Gasteiger partial charge is 0.204 e. The zero-order chi connectivity index (χ0) is 12.7. The lowest BCUT2D eigenvalue weighted by Crippen LogP contribution is -1.99. The number of phenolic OH excluding ortho intramolecular Hbond substituents is 1. The molecule has 3 N–H and O–H groups in total. The Bertz CT molecular complexity index is 595. The van der Waals surface area contributed by atoms with Gasteiger partial charge in [0.1, 0.15) is 5.82 Å². The number of nitrogens with two attached hydrogens (primary N) is 1. The highest BCUT2D eigenvalue weighted by atomic mass is 19.2. The number of aryl methyl sites for hydroxylation is 1. The zero-order valence-corrected chi connectivity index (χ0v) is 8.71. The summed E-state index contributed by atoms with van der Waals surface area (Å²) in [5.41, 5.74) is 5.48. The average molecular weight is 243 g/mol. The molecule has 0 fully saturated rings. The monoisotopic (exact) mass is 243 g/mol. The molecule has 0 bridgehead atoms. The van der Waals surface area contributed by atoms with Crippen LogP contribution in [0.2, 0.25) is 0 Å². The van der Waals surface area contributed by atoms with Gasteiger partial charge in [-0.05, 0) is 6.07 Å². The molecule has 2 aromatic rings. The van der Waals surface area contributed by atoms with Gasteiger partial charge in [-0.1, -0.05) is 0 Å². The maximum Gasteiger partial charge on any atom is 0.204 e. The van der Waals surface area contributed by atoms with Crippen LogP contribution in [0.15, 0.2) is 12.3 Å². The third kappa shape index (κ3) is 1.59. The number of phenols is 1. The summed E-state index contributed by atoms with van der Waals surface area (Å²) in [6, 6.07) is 0.668. The van der Waals surface area contributed by atoms with E-state index >= 15 is 0 Å². The molecule has 0 saturated heterocycles. The first-order valence-corrected chi connectivity index (χ1v) is 4.57. The Morgan fingerprint density at radius 2 is 1.88 bits per heavy atom. The molecule has 0 aliphatic rings. The van der Waals surface area contributed by atoms with Gasteiger partial charge in [0, 0.05) is 18.2 Å². The fourth-order valence-electron chi connectivity index (χ4n) is 1.45. The maximum absolute atomic E-state index is 13.1. The topological polar surface area (TPSA) is 64.1 Å². The van der Waals surface area contributed by atoms with Crippen molar-refractivity contribution in [2.24, 2.45) is 7.05 Å². The molecule has 7 heteroatoms. The van der Waals surface area contributed by atoms with Crippen LogP contribution in [0.4, 0.5) is 19.0 Å². The Morgan fingerprint density at radius 1 is 1.24 bits per heavy atom. The van der Waals surface area contributed by atoms with Gasteiger partial charge < -0.3 is 10.8 Å². The molecule has 0 aliphatic heterocycles. The molecule has 0 aliphatic carbocycles. The molecule has 0 radical (unpaired) electrons. The van der Waals surface area contributed by atoms with Crippen LogP contribution in [0.1, 0.15) is 0 Å². The van der Waals surface area contributed by atoms with Crippen molar-refractivity contribution in [1.29, 1.82) is 0 Å². The number of nitrogen functional groups attached to an aromatic ring is 1. The lowest BCUT2D eigenvalue weighted by atomic mass is 10.1. The van der Waals surface area contributed by atoms with E-state index in [0.717, 1.165) is 0 Å². The first-order chi connectivity index (χ1) is 7.93. The number of rotatable bonds is 1. The van der Waals surface area contributed by atoms with Gasteiger partial charge in [-0.2, -0.15) is 9.49 Å². The highest BCUT2D eigenvalue weighted by molar-refractivity contribution is 5.78. The molecule has 17 heavy (non-hydrogen) atoms. The minimum atomic E-state index is -1.73. The van der Waals surface area contributed by atoms with E-state index in [4.69, 9.17) is 5.73 Å². The van der Waals surface area contributed by atoms with Crippen molar-refractivity contribution in [2.45, 2.75) is 0 Å². The second-order valence-corrected chi connectivity index (χ2v) is 3.45. The lowest BCUT2D eigenvalue weighted by molar-refractivity contribution is 0.388. The zero-order valence-electron chi connectivity index (χ0n) is 8.71. The lowest BCUT2D eigenvalue weighted by Gasteiger charge is -2.06. The van der Waals surface area contributed by atoms with Gasteiger partial charge in [0.25, 0.3) is 0 Å². The molecule has 2 rings (SSSR count). The molecule has 1 aromatic heterocycles. The van der Waals surface area contributed by atoms with Crippen LogP contribution in [-0.2, 0) is 7.05 Å². The standard InChI is InChI=1S/C10H8F3N3O/c1-16-10(14)5(3-15-16)4-2-6(11)7(12)8(13)9(4)17/h2-3,17H,14H2,1H3. The highest BCUT2D eigenvalue weighted by Gasteiger charge is 2.21. The summed E-state index contributed by atoms with van der Waals surface area (Å²) in [6.45, 7) is 0. The molecule has 0 spiro atoms. The number of hydrogen-bond donors (Lipinski definition) is 2. The van der Waals surface area contributed by atoms with Crippen molar-refractivity contribution >= 4 is 5.82 Å². The Labute approximate surface area is 94.1 Å². The fourth-order valence-corrected chi connectivity index (χ4v) is 1.45. The molecule has 0 saturated carbocycles. The molecule has 1 aromatic carbocycles. The Balaban J connectivity index is 2.73. The summed E-state index contributed by atoms with van der Waals surface area (Å²) >= 11 is 0. The van der Waals surface area contributed by atoms with Crippen LogP contribution in [-0.4, -0.2) is 14.9 Å². The quantitative estimate of drug-likeness (QED) is 0.750. The van der Waals surface area contributed by atoms with Crippen LogP contribution < -0.4 is 5.73 Å². The van der Waals surface area contributed by atoms with E-state index in [1.165, 1.54) is 17.9 Å². The van der Waals surface area contributed by atoms with E-state index in [9.17, 15) is 18.3 Å². The van der Waals surface area contributed by atoms with Crippen LogP contribution in [0, 0.1) is 17.5 Å². The highest BCUT2D eigenvalue weighted by Crippen LogP contribution is 2.36. The van der Waals surface area contributed by atoms with Gasteiger partial charge >= 0.3 is 0 Å². The van der Waals surface area contributed by atoms with Crippen LogP contribution in [0.3, 0.4) is 0 Å². The number of halogens is 3. The van der Waals surface area contributed by atoms with E-state index in [1.807, 2.05) is 0 Å². The number of anilines is 1. The van der Waals surface area contributed by atoms with Gasteiger partial charge in [-0.25, -0.2) is 8.78 Å². The minimum Gasteiger partial charge on any atom is -0.504 e. The molecule has 0 unspecified atom stereocenters. The Kier molecular flexibility index (Phi) is 2.45. The predicted molar refractivity (Wildman–Crippen MR) is 54.6 cm³/mol. The van der Waals surface area contributed by atoms with Crippen molar-refractivity contribution in [1.82, 2.24) is 9.78 Å². The van der Waals surface area contributed by atoms with E-state index in [0.29, 0.717) is 6.07 Å². The van der Waals surface area contributed by atoms with E-state index in [2.05, 4.69) is 5.10 Å². The number of aromatic hydroxyl groups is 1. The summed E-state index contributed by atoms with van der Waals surface area (Å²) < 4.78 is 40.3. The number of aromatic nitrogens is 2. The molecular weight excluding hydrogens is 235 g/mol. The Morgan fingerprint density at radius 3 is 2.41 bits per heavy atom. The molecule has 0 atom stereocenters. The molecule has 4 nitrogen and oxygen atoms in total. The minimum absolute atomic E-state index is 0.103. The fraction of sp³-hybridized carbons (Fsp3) is 0.100. The molecule has 1 heterocycles. The van der Waals surface area contributed by atoms with Crippen molar-refractivity contribution in [3.8, 4) is 16.9 Å². The van der Waals surface area contributed by atoms with Crippen molar-refractivity contribution in [3.05, 3.63) is 29.7 Å². The van der Waals surface area contributed by atoms with E-state index in [-0.39, 0.29) is 16.9 Å². The third-order valence-corrected chi connectivity index (χ3v) is 2.41. The van der Waals surface area contributed by atoms with Gasteiger partial charge in [-0.15, -0.1) is 0 Å². The van der Waals surface area contributed by atoms with Crippen molar-refractivity contribution < 1.29 is 18.3 Å². The summed E-state index contributed by atoms with van der Waals surface area (Å²) in [7, 11) is 1.52. The molecule has 0 amide bonds. The first kappa shape index (κ1) is 11.3. The predicted octanol–water partition coefficient (Wildman–Crippen LogP) is 1.79. The number of nitrogens with zero attached hydrogens (tertiary/aromatic N) is 2. The maximum atomic E-state index is 13.1. The van der Waals surface area contributed by atoms with Gasteiger partial charge in [-0.3, -0.25) is 4.68 Å². The van der Waals surface area contributed by atoms with Crippen LogP contribution in [0.25, 0.3) is 11.1 Å². The largest absolute Gasteiger partial charge is 0.504 e. The number of benzene rings is 1. The van der Waals surface area contributed by atoms with Crippen molar-refractivity contribution in [2.75, 3.05) is 5.73 Å². The van der Waals surface area contributed by atoms with Gasteiger partial charge in [0.15, 0.2) is 17.4 Å². The van der Waals surface area contributed by atoms with Crippen LogP contribution >= 0.6 is 0 Å². The van der Waals surface area contributed by atoms with Gasteiger partial charge in [0.2, 0.25) is 5.82 Å². The average Bonchev–Trinajstić information content (AvgIpc) is 2.62. The van der Waals surface area contributed by atoms with Gasteiger partial charge in [0.05, 0.1) is 6.20 Å². The second kappa shape index (κ2) is 3.69. The summed E-state index contributed by atoms with van der Waals surface area (Å²) in [4.78, 5) is 0. The second-order valence-electron chi connectivity index (χ2n) is 3.45. The summed E-state index contributed by atoms with van der Waals surface area (Å²) in [5, 5.41) is 13.2.